The van der Waals surface area contributed by atoms with Crippen molar-refractivity contribution in [1.29, 1.82) is 0 Å². The molecule has 3 aromatic carbocycles. The number of ether oxygens (including phenoxy) is 4. The molecule has 0 aliphatic carbocycles. The van der Waals surface area contributed by atoms with E-state index in [0.717, 1.165) is 16.7 Å². The number of hydrazine groups is 2. The van der Waals surface area contributed by atoms with Crippen LogP contribution in [0.5, 0.6) is 11.5 Å². The number of hydrogen-bond donors (Lipinski definition) is 4. The first-order chi connectivity index (χ1) is 28.0. The van der Waals surface area contributed by atoms with Crippen LogP contribution in [0.3, 0.4) is 0 Å². The van der Waals surface area contributed by atoms with E-state index >= 15 is 0 Å². The number of nitrogens with two attached hydrogens (primary N) is 1. The lowest BCUT2D eigenvalue weighted by molar-refractivity contribution is -0.0926. The Bertz CT molecular complexity index is 1960. The molecule has 2 fully saturated rings. The molecule has 58 heavy (non-hydrogen) atoms. The summed E-state index contributed by atoms with van der Waals surface area (Å²) >= 11 is 0. The van der Waals surface area contributed by atoms with Gasteiger partial charge < -0.3 is 33.7 Å². The third-order valence-corrected chi connectivity index (χ3v) is 12.6. The van der Waals surface area contributed by atoms with Gasteiger partial charge in [0.1, 0.15) is 29.4 Å². The molecule has 0 spiro atoms. The standard InChI is InChI=1S/C42H58N7O8P/c1-28(2)49(29(3)4)58(55-23-11-22-43)57-37-24-39(48-25-35(40(50)44-41(48)51)36-26-47(5)46-45-36)56-38(37)27-54-42(30-12-9-8-10-13-30,31-14-18-33(52-6)19-15-31)32-16-20-34(53-7)21-17-32/h8-10,12-21,25,28-29,36-39,45-46H,11,22-24,26-27,43H2,1-7H3,(H,44,50,51). The first-order valence-electron chi connectivity index (χ1n) is 19.8. The number of nitrogens with zero attached hydrogens (tertiary/aromatic N) is 3. The van der Waals surface area contributed by atoms with Gasteiger partial charge >= 0.3 is 5.69 Å². The molecule has 314 valence electrons. The fourth-order valence-electron chi connectivity index (χ4n) is 7.57. The minimum Gasteiger partial charge on any atom is -0.497 e. The minimum absolute atomic E-state index is 0.0489. The molecule has 15 nitrogen and oxygen atoms in total. The number of aromatic amines is 1. The van der Waals surface area contributed by atoms with E-state index in [4.69, 9.17) is 33.7 Å². The summed E-state index contributed by atoms with van der Waals surface area (Å²) in [7, 11) is 3.53. The Hall–Kier alpha value is -3.99. The minimum atomic E-state index is -1.61. The summed E-state index contributed by atoms with van der Waals surface area (Å²) in [4.78, 5) is 29.2. The molecule has 2 saturated heterocycles. The van der Waals surface area contributed by atoms with Gasteiger partial charge in [-0.05, 0) is 81.6 Å². The van der Waals surface area contributed by atoms with Crippen molar-refractivity contribution in [3.8, 4) is 11.5 Å². The second-order valence-electron chi connectivity index (χ2n) is 15.0. The molecule has 0 amide bonds. The molecule has 0 radical (unpaired) electrons. The van der Waals surface area contributed by atoms with Crippen LogP contribution in [-0.4, -0.2) is 91.1 Å². The molecular weight excluding hydrogens is 761 g/mol. The molecule has 0 saturated carbocycles. The molecular formula is C42H58N7O8P. The average Bonchev–Trinajstić information content (AvgIpc) is 3.84. The van der Waals surface area contributed by atoms with Crippen LogP contribution in [0.2, 0.25) is 0 Å². The quantitative estimate of drug-likeness (QED) is 0.0572. The Morgan fingerprint density at radius 3 is 2.05 bits per heavy atom. The summed E-state index contributed by atoms with van der Waals surface area (Å²) in [5.41, 5.74) is 12.8. The Morgan fingerprint density at radius 2 is 1.52 bits per heavy atom. The zero-order valence-electron chi connectivity index (χ0n) is 34.4. The maximum atomic E-state index is 13.6. The van der Waals surface area contributed by atoms with Crippen LogP contribution >= 0.6 is 8.53 Å². The number of H-pyrrole nitrogens is 1. The van der Waals surface area contributed by atoms with Gasteiger partial charge in [0.2, 0.25) is 0 Å². The molecule has 0 bridgehead atoms. The second kappa shape index (κ2) is 19.8. The molecule has 5 N–H and O–H groups in total. The van der Waals surface area contributed by atoms with Gasteiger partial charge in [-0.15, -0.1) is 0 Å². The van der Waals surface area contributed by atoms with Crippen LogP contribution in [0.1, 0.15) is 75.1 Å². The van der Waals surface area contributed by atoms with Crippen molar-refractivity contribution in [2.75, 3.05) is 47.6 Å². The van der Waals surface area contributed by atoms with E-state index in [0.29, 0.717) is 43.2 Å². The number of benzene rings is 3. The summed E-state index contributed by atoms with van der Waals surface area (Å²) in [6.07, 6.45) is 0.461. The summed E-state index contributed by atoms with van der Waals surface area (Å²) in [5, 5.41) is 1.83. The molecule has 2 aliphatic heterocycles. The highest BCUT2D eigenvalue weighted by Gasteiger charge is 2.45. The predicted molar refractivity (Wildman–Crippen MR) is 223 cm³/mol. The molecule has 1 aromatic heterocycles. The highest BCUT2D eigenvalue weighted by molar-refractivity contribution is 7.44. The third-order valence-electron chi connectivity index (χ3n) is 10.4. The van der Waals surface area contributed by atoms with Crippen molar-refractivity contribution >= 4 is 8.53 Å². The van der Waals surface area contributed by atoms with E-state index in [2.05, 4.69) is 48.3 Å². The summed E-state index contributed by atoms with van der Waals surface area (Å²) in [6, 6.07) is 25.5. The SMILES string of the molecule is COc1ccc(C(OCC2OC(n3cc(C4CN(C)NN4)c(=O)[nH]c3=O)CC2OP(OCCCN)N(C(C)C)C(C)C)(c2ccccc2)c2ccc(OC)cc2)cc1. The van der Waals surface area contributed by atoms with Crippen molar-refractivity contribution in [2.45, 2.75) is 82.7 Å². The smallest absolute Gasteiger partial charge is 0.330 e. The summed E-state index contributed by atoms with van der Waals surface area (Å²) < 4.78 is 42.4. The van der Waals surface area contributed by atoms with Gasteiger partial charge in [-0.1, -0.05) is 54.6 Å². The van der Waals surface area contributed by atoms with E-state index in [1.54, 1.807) is 20.4 Å². The van der Waals surface area contributed by atoms with Gasteiger partial charge in [-0.2, -0.15) is 5.53 Å². The maximum absolute atomic E-state index is 13.6. The fourth-order valence-corrected chi connectivity index (χ4v) is 9.37. The van der Waals surface area contributed by atoms with Crippen LogP contribution in [-0.2, 0) is 24.1 Å². The predicted octanol–water partition coefficient (Wildman–Crippen LogP) is 4.94. The average molecular weight is 820 g/mol. The van der Waals surface area contributed by atoms with Gasteiger partial charge in [-0.25, -0.2) is 19.9 Å². The first kappa shape index (κ1) is 43.6. The van der Waals surface area contributed by atoms with Gasteiger partial charge in [0.15, 0.2) is 0 Å². The van der Waals surface area contributed by atoms with E-state index in [9.17, 15) is 9.59 Å². The largest absolute Gasteiger partial charge is 0.497 e. The number of hydrogen-bond acceptors (Lipinski definition) is 13. The van der Waals surface area contributed by atoms with Crippen molar-refractivity contribution in [3.63, 3.8) is 0 Å². The Balaban J connectivity index is 1.43. The molecule has 5 unspecified atom stereocenters. The summed E-state index contributed by atoms with van der Waals surface area (Å²) in [6.45, 7) is 9.91. The fraction of sp³-hybridized carbons (Fsp3) is 0.476. The Labute approximate surface area is 341 Å². The Kier molecular flexibility index (Phi) is 14.9. The van der Waals surface area contributed by atoms with E-state index in [1.165, 1.54) is 4.57 Å². The first-order valence-corrected chi connectivity index (χ1v) is 20.9. The van der Waals surface area contributed by atoms with Gasteiger partial charge in [0.25, 0.3) is 14.1 Å². The van der Waals surface area contributed by atoms with Crippen molar-refractivity contribution in [3.05, 3.63) is 128 Å². The van der Waals surface area contributed by atoms with E-state index in [1.807, 2.05) is 90.9 Å². The van der Waals surface area contributed by atoms with Crippen molar-refractivity contribution in [2.24, 2.45) is 5.73 Å². The molecule has 3 heterocycles. The van der Waals surface area contributed by atoms with Crippen molar-refractivity contribution in [1.82, 2.24) is 30.2 Å². The van der Waals surface area contributed by atoms with E-state index < -0.39 is 43.8 Å². The van der Waals surface area contributed by atoms with Crippen LogP contribution in [0.4, 0.5) is 0 Å². The van der Waals surface area contributed by atoms with Gasteiger partial charge in [0, 0.05) is 38.3 Å². The van der Waals surface area contributed by atoms with Crippen molar-refractivity contribution < 1.29 is 28.0 Å². The van der Waals surface area contributed by atoms with Crippen LogP contribution < -0.4 is 37.4 Å². The number of aromatic nitrogens is 2. The molecule has 6 rings (SSSR count). The monoisotopic (exact) mass is 819 g/mol. The second-order valence-corrected chi connectivity index (χ2v) is 16.5. The normalized spacial score (nSPS) is 20.7. The number of rotatable bonds is 19. The van der Waals surface area contributed by atoms with Crippen LogP contribution in [0.25, 0.3) is 0 Å². The van der Waals surface area contributed by atoms with E-state index in [-0.39, 0.29) is 31.2 Å². The van der Waals surface area contributed by atoms with Gasteiger partial charge in [0.05, 0.1) is 45.1 Å². The topological polar surface area (TPSA) is 167 Å². The Morgan fingerprint density at radius 1 is 0.914 bits per heavy atom. The molecule has 4 aromatic rings. The number of methoxy groups -OCH3 is 2. The molecule has 2 aliphatic rings. The van der Waals surface area contributed by atoms with Crippen LogP contribution in [0, 0.1) is 0 Å². The lowest BCUT2D eigenvalue weighted by Crippen LogP contribution is -2.40. The molecule has 5 atom stereocenters. The lowest BCUT2D eigenvalue weighted by Gasteiger charge is -2.39. The van der Waals surface area contributed by atoms with Crippen LogP contribution in [0.15, 0.2) is 94.6 Å². The maximum Gasteiger partial charge on any atom is 0.330 e. The zero-order chi connectivity index (χ0) is 41.4. The lowest BCUT2D eigenvalue weighted by atomic mass is 9.80. The highest BCUT2D eigenvalue weighted by atomic mass is 31.2. The van der Waals surface area contributed by atoms with Gasteiger partial charge in [-0.3, -0.25) is 14.3 Å². The zero-order valence-corrected chi connectivity index (χ0v) is 35.3. The third kappa shape index (κ3) is 9.72. The number of nitrogens with one attached hydrogen (secondary N) is 3. The summed E-state index contributed by atoms with van der Waals surface area (Å²) in [5.74, 6) is 1.42. The number of likely N-dealkylation sites (N-methyl/N-ethyl adjacent to an activating group) is 1. The molecule has 16 heteroatoms. The highest BCUT2D eigenvalue weighted by Crippen LogP contribution is 2.50.